The number of rotatable bonds is 5. The summed E-state index contributed by atoms with van der Waals surface area (Å²) in [6.45, 7) is 0. The number of carbonyl (C=O) groups excluding carboxylic acids is 2. The third kappa shape index (κ3) is 4.36. The summed E-state index contributed by atoms with van der Waals surface area (Å²) in [5, 5.41) is 3.60. The minimum absolute atomic E-state index is 0.00912. The van der Waals surface area contributed by atoms with Crippen LogP contribution in [0.3, 0.4) is 0 Å². The van der Waals surface area contributed by atoms with Crippen LogP contribution in [0.25, 0.3) is 28.2 Å². The molecule has 2 heterocycles. The molecule has 5 aromatic rings. The smallest absolute Gasteiger partial charge is 0.270 e. The van der Waals surface area contributed by atoms with Crippen LogP contribution >= 0.6 is 12.2 Å². The first-order valence-corrected chi connectivity index (χ1v) is 12.4. The Hall–Kier alpha value is -5.01. The number of aromatic nitrogens is 1. The minimum atomic E-state index is -0.537. The summed E-state index contributed by atoms with van der Waals surface area (Å²) in [5.41, 5.74) is 3.94. The van der Waals surface area contributed by atoms with Crippen LogP contribution in [0, 0.1) is 0 Å². The highest BCUT2D eigenvalue weighted by atomic mass is 32.1. The maximum absolute atomic E-state index is 13.7. The molecule has 2 amide bonds. The third-order valence-electron chi connectivity index (χ3n) is 6.27. The second-order valence-electron chi connectivity index (χ2n) is 8.69. The van der Waals surface area contributed by atoms with E-state index in [4.69, 9.17) is 17.0 Å². The molecule has 1 aliphatic rings. The number of ether oxygens (including phenoxy) is 1. The Labute approximate surface area is 224 Å². The van der Waals surface area contributed by atoms with E-state index in [0.29, 0.717) is 17.2 Å². The first-order valence-electron chi connectivity index (χ1n) is 12.0. The van der Waals surface area contributed by atoms with Crippen LogP contribution in [0.1, 0.15) is 5.56 Å². The molecule has 0 atom stereocenters. The van der Waals surface area contributed by atoms with E-state index in [1.54, 1.807) is 30.3 Å². The fourth-order valence-corrected chi connectivity index (χ4v) is 4.75. The number of amides is 2. The van der Waals surface area contributed by atoms with Crippen molar-refractivity contribution in [3.8, 4) is 22.8 Å². The molecule has 1 aliphatic heterocycles. The van der Waals surface area contributed by atoms with Gasteiger partial charge in [0.1, 0.15) is 17.1 Å². The van der Waals surface area contributed by atoms with Crippen LogP contribution in [0.4, 0.5) is 5.69 Å². The average molecular weight is 516 g/mol. The number of hydrogen-bond donors (Lipinski definition) is 2. The van der Waals surface area contributed by atoms with Crippen molar-refractivity contribution in [1.29, 1.82) is 0 Å². The zero-order valence-electron chi connectivity index (χ0n) is 20.0. The Balaban J connectivity index is 1.38. The number of para-hydroxylation sites is 2. The van der Waals surface area contributed by atoms with Crippen molar-refractivity contribution >= 4 is 51.8 Å². The SMILES string of the molecule is O=C1NC(=S)N(c2ccc(Oc3ccccc3)cc2)C(=O)/C1=C\c1c(-c2ccccc2)[nH]c2ccccc12. The van der Waals surface area contributed by atoms with Gasteiger partial charge in [0, 0.05) is 16.5 Å². The van der Waals surface area contributed by atoms with Crippen LogP contribution in [0.15, 0.2) is 115 Å². The Morgan fingerprint density at radius 3 is 2.11 bits per heavy atom. The van der Waals surface area contributed by atoms with E-state index in [-0.39, 0.29) is 10.7 Å². The number of anilines is 1. The highest BCUT2D eigenvalue weighted by molar-refractivity contribution is 7.80. The molecule has 0 spiro atoms. The lowest BCUT2D eigenvalue weighted by atomic mass is 10.0. The molecule has 0 aliphatic carbocycles. The van der Waals surface area contributed by atoms with Gasteiger partial charge in [0.25, 0.3) is 11.8 Å². The number of fused-ring (bicyclic) bond motifs is 1. The van der Waals surface area contributed by atoms with Crippen LogP contribution in [-0.4, -0.2) is 21.9 Å². The highest BCUT2D eigenvalue weighted by Gasteiger charge is 2.35. The molecule has 6 nitrogen and oxygen atoms in total. The number of benzene rings is 4. The van der Waals surface area contributed by atoms with Crippen LogP contribution < -0.4 is 15.0 Å². The van der Waals surface area contributed by atoms with Gasteiger partial charge in [-0.1, -0.05) is 66.7 Å². The fraction of sp³-hybridized carbons (Fsp3) is 0. The summed E-state index contributed by atoms with van der Waals surface area (Å²) >= 11 is 5.39. The van der Waals surface area contributed by atoms with Gasteiger partial charge in [-0.2, -0.15) is 0 Å². The van der Waals surface area contributed by atoms with Gasteiger partial charge >= 0.3 is 0 Å². The fourth-order valence-electron chi connectivity index (χ4n) is 4.47. The molecule has 0 bridgehead atoms. The number of aromatic amines is 1. The Morgan fingerprint density at radius 1 is 0.737 bits per heavy atom. The maximum atomic E-state index is 13.7. The molecule has 0 radical (unpaired) electrons. The molecule has 1 fully saturated rings. The molecule has 1 aromatic heterocycles. The van der Waals surface area contributed by atoms with E-state index in [1.807, 2.05) is 84.9 Å². The first kappa shape index (κ1) is 23.4. The number of nitrogens with zero attached hydrogens (tertiary/aromatic N) is 1. The van der Waals surface area contributed by atoms with E-state index in [9.17, 15) is 9.59 Å². The quantitative estimate of drug-likeness (QED) is 0.160. The molecule has 184 valence electrons. The standard InChI is InChI=1S/C31H21N3O3S/c35-29-26(19-25-24-13-7-8-14-27(24)32-28(25)20-9-3-1-4-10-20)30(36)34(31(38)33-29)21-15-17-23(18-16-21)37-22-11-5-2-6-12-22/h1-19,32H,(H,33,35,38)/b26-19-. The lowest BCUT2D eigenvalue weighted by Gasteiger charge is -2.29. The van der Waals surface area contributed by atoms with Crippen molar-refractivity contribution in [1.82, 2.24) is 10.3 Å². The summed E-state index contributed by atoms with van der Waals surface area (Å²) in [7, 11) is 0. The van der Waals surface area contributed by atoms with Crippen LogP contribution in [-0.2, 0) is 9.59 Å². The van der Waals surface area contributed by atoms with Gasteiger partial charge in [0.05, 0.1) is 11.4 Å². The van der Waals surface area contributed by atoms with Gasteiger partial charge in [0.2, 0.25) is 0 Å². The van der Waals surface area contributed by atoms with Gasteiger partial charge in [-0.3, -0.25) is 19.8 Å². The Bertz CT molecular complexity index is 1710. The number of thiocarbonyl (C=S) groups is 1. The second kappa shape index (κ2) is 9.80. The summed E-state index contributed by atoms with van der Waals surface area (Å²) in [4.78, 5) is 31.5. The Morgan fingerprint density at radius 2 is 1.37 bits per heavy atom. The zero-order chi connectivity index (χ0) is 26.1. The van der Waals surface area contributed by atoms with E-state index in [1.165, 1.54) is 4.90 Å². The summed E-state index contributed by atoms with van der Waals surface area (Å²) < 4.78 is 5.86. The average Bonchev–Trinajstić information content (AvgIpc) is 3.31. The van der Waals surface area contributed by atoms with Crippen molar-refractivity contribution in [2.45, 2.75) is 0 Å². The van der Waals surface area contributed by atoms with Crippen LogP contribution in [0.5, 0.6) is 11.5 Å². The number of hydrogen-bond acceptors (Lipinski definition) is 4. The molecule has 7 heteroatoms. The molecule has 2 N–H and O–H groups in total. The largest absolute Gasteiger partial charge is 0.457 e. The molecule has 1 saturated heterocycles. The zero-order valence-corrected chi connectivity index (χ0v) is 20.9. The molecule has 4 aromatic carbocycles. The molecular formula is C31H21N3O3S. The predicted molar refractivity (Wildman–Crippen MR) is 153 cm³/mol. The monoisotopic (exact) mass is 515 g/mol. The lowest BCUT2D eigenvalue weighted by molar-refractivity contribution is -0.122. The number of carbonyl (C=O) groups is 2. The van der Waals surface area contributed by atoms with Crippen LogP contribution in [0.2, 0.25) is 0 Å². The van der Waals surface area contributed by atoms with E-state index >= 15 is 0 Å². The number of H-pyrrole nitrogens is 1. The lowest BCUT2D eigenvalue weighted by Crippen LogP contribution is -2.54. The molecule has 0 saturated carbocycles. The highest BCUT2D eigenvalue weighted by Crippen LogP contribution is 2.33. The topological polar surface area (TPSA) is 74.4 Å². The molecular weight excluding hydrogens is 494 g/mol. The maximum Gasteiger partial charge on any atom is 0.270 e. The van der Waals surface area contributed by atoms with Gasteiger partial charge in [-0.25, -0.2) is 0 Å². The Kier molecular flexibility index (Phi) is 6.03. The normalized spacial score (nSPS) is 14.7. The first-order chi connectivity index (χ1) is 18.6. The van der Waals surface area contributed by atoms with Crippen molar-refractivity contribution in [3.05, 3.63) is 120 Å². The molecule has 0 unspecified atom stereocenters. The van der Waals surface area contributed by atoms with Crippen molar-refractivity contribution in [2.75, 3.05) is 4.90 Å². The second-order valence-corrected chi connectivity index (χ2v) is 9.08. The van der Waals surface area contributed by atoms with Gasteiger partial charge in [0.15, 0.2) is 5.11 Å². The minimum Gasteiger partial charge on any atom is -0.457 e. The molecule has 6 rings (SSSR count). The summed E-state index contributed by atoms with van der Waals surface area (Å²) in [6, 6.07) is 34.0. The number of nitrogens with one attached hydrogen (secondary N) is 2. The van der Waals surface area contributed by atoms with Gasteiger partial charge < -0.3 is 9.72 Å². The summed E-state index contributed by atoms with van der Waals surface area (Å²) in [5.74, 6) is 0.279. The van der Waals surface area contributed by atoms with Crippen molar-refractivity contribution < 1.29 is 14.3 Å². The third-order valence-corrected chi connectivity index (χ3v) is 6.56. The molecule has 38 heavy (non-hydrogen) atoms. The van der Waals surface area contributed by atoms with Crippen molar-refractivity contribution in [3.63, 3.8) is 0 Å². The van der Waals surface area contributed by atoms with E-state index in [2.05, 4.69) is 10.3 Å². The van der Waals surface area contributed by atoms with Gasteiger partial charge in [-0.15, -0.1) is 0 Å². The van der Waals surface area contributed by atoms with E-state index in [0.717, 1.165) is 27.7 Å². The van der Waals surface area contributed by atoms with E-state index < -0.39 is 11.8 Å². The predicted octanol–water partition coefficient (Wildman–Crippen LogP) is 6.46. The van der Waals surface area contributed by atoms with Crippen molar-refractivity contribution in [2.24, 2.45) is 0 Å². The van der Waals surface area contributed by atoms with Gasteiger partial charge in [-0.05, 0) is 66.3 Å². The summed E-state index contributed by atoms with van der Waals surface area (Å²) in [6.07, 6.45) is 1.64.